The van der Waals surface area contributed by atoms with Gasteiger partial charge in [-0.15, -0.1) is 0 Å². The van der Waals surface area contributed by atoms with Crippen LogP contribution in [0.25, 0.3) is 0 Å². The second-order valence-electron chi connectivity index (χ2n) is 4.73. The molecular formula is C15H18BrN3O. The van der Waals surface area contributed by atoms with Crippen molar-refractivity contribution < 1.29 is 4.74 Å². The number of ether oxygens (including phenoxy) is 1. The zero-order valence-corrected chi connectivity index (χ0v) is 13.4. The first-order valence-electron chi connectivity index (χ1n) is 6.27. The van der Waals surface area contributed by atoms with Gasteiger partial charge in [0.15, 0.2) is 0 Å². The molecule has 0 fully saturated rings. The zero-order valence-electron chi connectivity index (χ0n) is 11.9. The number of anilines is 2. The van der Waals surface area contributed by atoms with Gasteiger partial charge in [-0.05, 0) is 52.2 Å². The van der Waals surface area contributed by atoms with Gasteiger partial charge in [0.2, 0.25) is 0 Å². The highest BCUT2D eigenvalue weighted by atomic mass is 79.9. The van der Waals surface area contributed by atoms with E-state index in [0.29, 0.717) is 5.69 Å². The molecule has 1 aromatic carbocycles. The van der Waals surface area contributed by atoms with Crippen molar-refractivity contribution in [3.8, 4) is 5.75 Å². The Morgan fingerprint density at radius 1 is 1.35 bits per heavy atom. The molecule has 106 valence electrons. The Kier molecular flexibility index (Phi) is 4.49. The van der Waals surface area contributed by atoms with Crippen LogP contribution in [-0.2, 0) is 6.54 Å². The Hall–Kier alpha value is -1.75. The monoisotopic (exact) mass is 335 g/mol. The lowest BCUT2D eigenvalue weighted by Crippen LogP contribution is -2.19. The summed E-state index contributed by atoms with van der Waals surface area (Å²) in [6, 6.07) is 7.99. The van der Waals surface area contributed by atoms with E-state index in [-0.39, 0.29) is 0 Å². The number of aryl methyl sites for hydroxylation is 1. The SMILES string of the molecule is COc1ccc(CN(C)c2ncc(N)cc2C)cc1Br. The van der Waals surface area contributed by atoms with Gasteiger partial charge in [-0.3, -0.25) is 0 Å². The molecule has 0 atom stereocenters. The normalized spacial score (nSPS) is 10.4. The van der Waals surface area contributed by atoms with Crippen LogP contribution in [0, 0.1) is 6.92 Å². The van der Waals surface area contributed by atoms with Crippen LogP contribution in [-0.4, -0.2) is 19.1 Å². The fourth-order valence-corrected chi connectivity index (χ4v) is 2.73. The Morgan fingerprint density at radius 2 is 2.10 bits per heavy atom. The lowest BCUT2D eigenvalue weighted by molar-refractivity contribution is 0.412. The van der Waals surface area contributed by atoms with Gasteiger partial charge in [-0.1, -0.05) is 6.07 Å². The molecule has 1 aromatic heterocycles. The molecule has 1 heterocycles. The van der Waals surface area contributed by atoms with E-state index in [1.807, 2.05) is 32.2 Å². The van der Waals surface area contributed by atoms with Crippen molar-refractivity contribution in [1.82, 2.24) is 4.98 Å². The molecule has 0 aliphatic rings. The first-order chi connectivity index (χ1) is 9.51. The van der Waals surface area contributed by atoms with Gasteiger partial charge in [0, 0.05) is 13.6 Å². The van der Waals surface area contributed by atoms with Gasteiger partial charge in [-0.25, -0.2) is 4.98 Å². The van der Waals surface area contributed by atoms with Crippen LogP contribution >= 0.6 is 15.9 Å². The molecule has 0 bridgehead atoms. The second kappa shape index (κ2) is 6.13. The lowest BCUT2D eigenvalue weighted by atomic mass is 10.2. The third kappa shape index (κ3) is 3.22. The van der Waals surface area contributed by atoms with E-state index in [2.05, 4.69) is 31.9 Å². The van der Waals surface area contributed by atoms with E-state index >= 15 is 0 Å². The van der Waals surface area contributed by atoms with Crippen LogP contribution in [0.1, 0.15) is 11.1 Å². The van der Waals surface area contributed by atoms with Crippen molar-refractivity contribution in [3.63, 3.8) is 0 Å². The number of methoxy groups -OCH3 is 1. The van der Waals surface area contributed by atoms with Gasteiger partial charge < -0.3 is 15.4 Å². The summed E-state index contributed by atoms with van der Waals surface area (Å²) in [7, 11) is 3.68. The highest BCUT2D eigenvalue weighted by Gasteiger charge is 2.09. The van der Waals surface area contributed by atoms with Gasteiger partial charge in [-0.2, -0.15) is 0 Å². The first kappa shape index (κ1) is 14.7. The Balaban J connectivity index is 2.18. The molecule has 0 saturated heterocycles. The third-order valence-electron chi connectivity index (χ3n) is 3.07. The molecule has 2 aromatic rings. The standard InChI is InChI=1S/C15H18BrN3O/c1-10-6-12(17)8-18-15(10)19(2)9-11-4-5-14(20-3)13(16)7-11/h4-8H,9,17H2,1-3H3. The highest BCUT2D eigenvalue weighted by molar-refractivity contribution is 9.10. The average Bonchev–Trinajstić information content (AvgIpc) is 2.38. The van der Waals surface area contributed by atoms with Gasteiger partial charge >= 0.3 is 0 Å². The predicted molar refractivity (Wildman–Crippen MR) is 86.2 cm³/mol. The van der Waals surface area contributed by atoms with E-state index < -0.39 is 0 Å². The molecule has 0 saturated carbocycles. The summed E-state index contributed by atoms with van der Waals surface area (Å²) < 4.78 is 6.19. The molecule has 0 aliphatic carbocycles. The summed E-state index contributed by atoms with van der Waals surface area (Å²) in [4.78, 5) is 6.49. The molecule has 0 radical (unpaired) electrons. The number of nitrogens with zero attached hydrogens (tertiary/aromatic N) is 2. The van der Waals surface area contributed by atoms with Crippen LogP contribution in [0.4, 0.5) is 11.5 Å². The maximum Gasteiger partial charge on any atom is 0.133 e. The van der Waals surface area contributed by atoms with Crippen LogP contribution in [0.5, 0.6) is 5.75 Å². The predicted octanol–water partition coefficient (Wildman–Crippen LogP) is 3.38. The summed E-state index contributed by atoms with van der Waals surface area (Å²) in [6.45, 7) is 2.78. The molecule has 4 nitrogen and oxygen atoms in total. The van der Waals surface area contributed by atoms with Gasteiger partial charge in [0.1, 0.15) is 11.6 Å². The van der Waals surface area contributed by atoms with E-state index in [0.717, 1.165) is 28.1 Å². The van der Waals surface area contributed by atoms with E-state index in [1.165, 1.54) is 5.56 Å². The molecule has 0 amide bonds. The Labute approximate surface area is 127 Å². The Bertz CT molecular complexity index is 616. The third-order valence-corrected chi connectivity index (χ3v) is 3.69. The van der Waals surface area contributed by atoms with Crippen LogP contribution < -0.4 is 15.4 Å². The smallest absolute Gasteiger partial charge is 0.133 e. The lowest BCUT2D eigenvalue weighted by Gasteiger charge is -2.20. The number of hydrogen-bond donors (Lipinski definition) is 1. The molecule has 0 unspecified atom stereocenters. The molecule has 2 N–H and O–H groups in total. The molecular weight excluding hydrogens is 318 g/mol. The molecule has 2 rings (SSSR count). The summed E-state index contributed by atoms with van der Waals surface area (Å²) in [5.41, 5.74) is 8.67. The van der Waals surface area contributed by atoms with E-state index in [1.54, 1.807) is 13.3 Å². The number of aromatic nitrogens is 1. The quantitative estimate of drug-likeness (QED) is 0.930. The van der Waals surface area contributed by atoms with Gasteiger partial charge in [0.05, 0.1) is 23.5 Å². The number of benzene rings is 1. The highest BCUT2D eigenvalue weighted by Crippen LogP contribution is 2.27. The van der Waals surface area contributed by atoms with Crippen molar-refractivity contribution in [2.24, 2.45) is 0 Å². The fraction of sp³-hybridized carbons (Fsp3) is 0.267. The first-order valence-corrected chi connectivity index (χ1v) is 7.06. The topological polar surface area (TPSA) is 51.4 Å². The van der Waals surface area contributed by atoms with E-state index in [9.17, 15) is 0 Å². The molecule has 20 heavy (non-hydrogen) atoms. The zero-order chi connectivity index (χ0) is 14.7. The molecule has 0 spiro atoms. The number of nitrogen functional groups attached to an aromatic ring is 1. The van der Waals surface area contributed by atoms with Crippen molar-refractivity contribution in [2.45, 2.75) is 13.5 Å². The number of nitrogens with two attached hydrogens (primary N) is 1. The van der Waals surface area contributed by atoms with E-state index in [4.69, 9.17) is 10.5 Å². The van der Waals surface area contributed by atoms with Crippen LogP contribution in [0.2, 0.25) is 0 Å². The van der Waals surface area contributed by atoms with Crippen molar-refractivity contribution >= 4 is 27.4 Å². The van der Waals surface area contributed by atoms with Crippen molar-refractivity contribution in [3.05, 3.63) is 46.1 Å². The van der Waals surface area contributed by atoms with Crippen LogP contribution in [0.15, 0.2) is 34.9 Å². The maximum atomic E-state index is 5.73. The largest absolute Gasteiger partial charge is 0.496 e. The van der Waals surface area contributed by atoms with Gasteiger partial charge in [0.25, 0.3) is 0 Å². The number of hydrogen-bond acceptors (Lipinski definition) is 4. The average molecular weight is 336 g/mol. The number of pyridine rings is 1. The minimum absolute atomic E-state index is 0.687. The van der Waals surface area contributed by atoms with Crippen molar-refractivity contribution in [1.29, 1.82) is 0 Å². The van der Waals surface area contributed by atoms with Crippen LogP contribution in [0.3, 0.4) is 0 Å². The Morgan fingerprint density at radius 3 is 2.70 bits per heavy atom. The summed E-state index contributed by atoms with van der Waals surface area (Å²) in [6.07, 6.45) is 1.68. The summed E-state index contributed by atoms with van der Waals surface area (Å²) in [5.74, 6) is 1.77. The summed E-state index contributed by atoms with van der Waals surface area (Å²) >= 11 is 3.50. The molecule has 5 heteroatoms. The number of halogens is 1. The minimum atomic E-state index is 0.687. The number of rotatable bonds is 4. The molecule has 0 aliphatic heterocycles. The summed E-state index contributed by atoms with van der Waals surface area (Å²) in [5, 5.41) is 0. The van der Waals surface area contributed by atoms with Crippen molar-refractivity contribution in [2.75, 3.05) is 24.8 Å². The fourth-order valence-electron chi connectivity index (χ4n) is 2.15. The second-order valence-corrected chi connectivity index (χ2v) is 5.59. The maximum absolute atomic E-state index is 5.73. The minimum Gasteiger partial charge on any atom is -0.496 e.